The molecule has 17 aromatic carbocycles. The molecule has 5 nitrogen and oxygen atoms in total. The van der Waals surface area contributed by atoms with Crippen LogP contribution in [0.4, 0.5) is 0 Å². The third-order valence-electron chi connectivity index (χ3n) is 20.0. The molecule has 0 saturated heterocycles. The molecule has 0 aliphatic heterocycles. The fourth-order valence-electron chi connectivity index (χ4n) is 14.8. The second-order valence-electron chi connectivity index (χ2n) is 26.3. The average Bonchev–Trinajstić information content (AvgIpc) is 1.56. The summed E-state index contributed by atoms with van der Waals surface area (Å²) in [5.41, 5.74) is 22.0. The summed E-state index contributed by atoms with van der Waals surface area (Å²) in [5.74, 6) is 0.522. The standard InChI is InChI=1S/C52H35N.C49H32N4/c1-3-12-36(13-4-1)41-26-27-43-31-44(29-28-42(43)30-41)47-33-45(37-14-5-2-6-15-37)32-46(34-47)39-24-22-38(23-25-39)40-16-11-17-48(35-40)53-51-20-9-7-18-49(51)50-19-8-10-21-52(50)53;1-3-13-36(14-4-1)42-19-11-21-45-46(42)43-18-9-10-20-44(43)53(45)41-30-28-35(29-31-41)34-22-25-38(26-23-34)48-50-47(37-15-5-2-6-16-37)51-49(52-48)40-27-24-33-12-7-8-17-39(33)32-40/h1-35H;1-32H/i;1D,2D,3D,4D,5D,6D,13D,14D,15D,16D. The smallest absolute Gasteiger partial charge is 0.164 e. The van der Waals surface area contributed by atoms with E-state index in [4.69, 9.17) is 23.7 Å². The molecule has 20 rings (SSSR count). The van der Waals surface area contributed by atoms with Crippen LogP contribution in [-0.2, 0) is 0 Å². The number of aromatic nitrogens is 5. The van der Waals surface area contributed by atoms with Crippen molar-refractivity contribution in [3.63, 3.8) is 0 Å². The van der Waals surface area contributed by atoms with Crippen LogP contribution in [0.15, 0.2) is 406 Å². The Kier molecular flexibility index (Phi) is 13.6. The molecule has 3 aromatic heterocycles. The van der Waals surface area contributed by atoms with Gasteiger partial charge in [0.2, 0.25) is 0 Å². The predicted octanol–water partition coefficient (Wildman–Crippen LogP) is 26.7. The average molecular weight is 1360 g/mol. The minimum absolute atomic E-state index is 0.0367. The summed E-state index contributed by atoms with van der Waals surface area (Å²) in [6.45, 7) is 0. The Bertz CT molecular complexity index is 7200. The van der Waals surface area contributed by atoms with E-state index < -0.39 is 36.3 Å². The van der Waals surface area contributed by atoms with Gasteiger partial charge < -0.3 is 9.13 Å². The first-order valence-corrected chi connectivity index (χ1v) is 35.3. The first kappa shape index (κ1) is 52.8. The van der Waals surface area contributed by atoms with E-state index in [1.54, 1.807) is 6.07 Å². The van der Waals surface area contributed by atoms with Crippen LogP contribution >= 0.6 is 0 Å². The molecule has 496 valence electrons. The highest BCUT2D eigenvalue weighted by Crippen LogP contribution is 2.42. The number of para-hydroxylation sites is 3. The molecule has 0 saturated carbocycles. The maximum Gasteiger partial charge on any atom is 0.164 e. The molecule has 106 heavy (non-hydrogen) atoms. The van der Waals surface area contributed by atoms with E-state index in [0.29, 0.717) is 16.7 Å². The van der Waals surface area contributed by atoms with Crippen LogP contribution in [0.25, 0.3) is 189 Å². The SMILES string of the molecule is [2H]c1c([2H])c([2H])c(-c2nc(-c3ccc(-c4ccc(-n5c6ccccc6c6c(-c7c([2H])c([2H])c([2H])c([2H])c7[2H])cccc65)cc4)cc3)nc(-c3ccc4ccccc4c3)n2)c([2H])c1[2H].c1ccc(-c2cc(-c3ccc(-c4cccc(-n5c6ccccc6c6ccccc65)c4)cc3)cc(-c3ccc4cc(-c5ccccc5)ccc4c3)c2)cc1. The first-order chi connectivity index (χ1) is 56.7. The van der Waals surface area contributed by atoms with Crippen molar-refractivity contribution in [3.8, 4) is 123 Å². The lowest BCUT2D eigenvalue weighted by molar-refractivity contribution is 1.07. The molecule has 3 heterocycles. The maximum atomic E-state index is 8.72. The lowest BCUT2D eigenvalue weighted by Gasteiger charge is -2.13. The summed E-state index contributed by atoms with van der Waals surface area (Å²) in [5, 5.41) is 8.68. The molecular weight excluding hydrogens is 1280 g/mol. The molecule has 0 aliphatic rings. The largest absolute Gasteiger partial charge is 0.309 e. The molecule has 20 aromatic rings. The van der Waals surface area contributed by atoms with Gasteiger partial charge in [-0.1, -0.05) is 321 Å². The van der Waals surface area contributed by atoms with E-state index in [1.807, 2.05) is 127 Å². The van der Waals surface area contributed by atoms with E-state index in [-0.39, 0.29) is 52.8 Å². The van der Waals surface area contributed by atoms with Gasteiger partial charge in [0.15, 0.2) is 17.5 Å². The third kappa shape index (κ3) is 12.0. The normalized spacial score (nSPS) is 12.7. The molecule has 0 radical (unpaired) electrons. The fraction of sp³-hybridized carbons (Fsp3) is 0. The number of nitrogens with zero attached hydrogens (tertiary/aromatic N) is 5. The summed E-state index contributed by atoms with van der Waals surface area (Å²) in [6, 6.07) is 116. The highest BCUT2D eigenvalue weighted by atomic mass is 15.0. The third-order valence-corrected chi connectivity index (χ3v) is 20.0. The molecule has 5 heteroatoms. The number of fused-ring (bicyclic) bond motifs is 8. The molecule has 0 N–H and O–H groups in total. The first-order valence-electron chi connectivity index (χ1n) is 40.3. The van der Waals surface area contributed by atoms with Crippen molar-refractivity contribution in [2.24, 2.45) is 0 Å². The highest BCUT2D eigenvalue weighted by molar-refractivity contribution is 6.16. The van der Waals surface area contributed by atoms with Crippen molar-refractivity contribution >= 4 is 65.2 Å². The molecule has 0 aliphatic carbocycles. The van der Waals surface area contributed by atoms with Gasteiger partial charge in [-0.3, -0.25) is 0 Å². The van der Waals surface area contributed by atoms with Gasteiger partial charge in [0.1, 0.15) is 0 Å². The Balaban J connectivity index is 0.000000157. The van der Waals surface area contributed by atoms with Crippen molar-refractivity contribution in [3.05, 3.63) is 406 Å². The van der Waals surface area contributed by atoms with Gasteiger partial charge >= 0.3 is 0 Å². The Labute approximate surface area is 629 Å². The van der Waals surface area contributed by atoms with Crippen LogP contribution in [0.5, 0.6) is 0 Å². The predicted molar refractivity (Wildman–Crippen MR) is 444 cm³/mol. The molecule has 0 bridgehead atoms. The van der Waals surface area contributed by atoms with Crippen molar-refractivity contribution in [2.75, 3.05) is 0 Å². The van der Waals surface area contributed by atoms with E-state index in [9.17, 15) is 0 Å². The van der Waals surface area contributed by atoms with Gasteiger partial charge in [-0.25, -0.2) is 15.0 Å². The topological polar surface area (TPSA) is 48.5 Å². The van der Waals surface area contributed by atoms with Crippen molar-refractivity contribution in [2.45, 2.75) is 0 Å². The van der Waals surface area contributed by atoms with Crippen molar-refractivity contribution in [1.82, 2.24) is 24.1 Å². The zero-order valence-electron chi connectivity index (χ0n) is 67.1. The van der Waals surface area contributed by atoms with Crippen molar-refractivity contribution in [1.29, 1.82) is 0 Å². The summed E-state index contributed by atoms with van der Waals surface area (Å²) < 4.78 is 88.8. The van der Waals surface area contributed by atoms with Gasteiger partial charge in [0.25, 0.3) is 0 Å². The van der Waals surface area contributed by atoms with E-state index in [0.717, 1.165) is 55.1 Å². The molecule has 0 amide bonds. The van der Waals surface area contributed by atoms with Crippen LogP contribution in [-0.4, -0.2) is 24.1 Å². The Morgan fingerprint density at radius 1 is 0.198 bits per heavy atom. The van der Waals surface area contributed by atoms with E-state index in [2.05, 4.69) is 226 Å². The zero-order valence-corrected chi connectivity index (χ0v) is 57.1. The van der Waals surface area contributed by atoms with Crippen LogP contribution in [0.1, 0.15) is 13.7 Å². The summed E-state index contributed by atoms with van der Waals surface area (Å²) in [4.78, 5) is 14.2. The van der Waals surface area contributed by atoms with Crippen LogP contribution < -0.4 is 0 Å². The lowest BCUT2D eigenvalue weighted by Crippen LogP contribution is -2.00. The summed E-state index contributed by atoms with van der Waals surface area (Å²) in [7, 11) is 0. The molecule has 0 unspecified atom stereocenters. The molecule has 0 atom stereocenters. The monoisotopic (exact) mass is 1360 g/mol. The van der Waals surface area contributed by atoms with Gasteiger partial charge in [-0.15, -0.1) is 0 Å². The van der Waals surface area contributed by atoms with Gasteiger partial charge in [-0.05, 0) is 184 Å². The second-order valence-corrected chi connectivity index (χ2v) is 26.3. The van der Waals surface area contributed by atoms with Gasteiger partial charge in [0.05, 0.1) is 35.8 Å². The second kappa shape index (κ2) is 27.3. The quantitative estimate of drug-likeness (QED) is 0.122. The number of hydrogen-bond acceptors (Lipinski definition) is 3. The number of rotatable bonds is 12. The molecular formula is C101H67N5. The Morgan fingerprint density at radius 2 is 0.557 bits per heavy atom. The highest BCUT2D eigenvalue weighted by Gasteiger charge is 2.19. The van der Waals surface area contributed by atoms with Crippen LogP contribution in [0.2, 0.25) is 0 Å². The van der Waals surface area contributed by atoms with Crippen molar-refractivity contribution < 1.29 is 13.7 Å². The Hall–Kier alpha value is -14.1. The minimum atomic E-state index is -0.502. The summed E-state index contributed by atoms with van der Waals surface area (Å²) in [6.07, 6.45) is 0. The van der Waals surface area contributed by atoms with Gasteiger partial charge in [0, 0.05) is 49.6 Å². The minimum Gasteiger partial charge on any atom is -0.309 e. The van der Waals surface area contributed by atoms with Crippen LogP contribution in [0, 0.1) is 0 Å². The van der Waals surface area contributed by atoms with E-state index >= 15 is 0 Å². The lowest BCUT2D eigenvalue weighted by atomic mass is 9.91. The number of hydrogen-bond donors (Lipinski definition) is 0. The zero-order chi connectivity index (χ0) is 79.0. The fourth-order valence-corrected chi connectivity index (χ4v) is 14.8. The summed E-state index contributed by atoms with van der Waals surface area (Å²) >= 11 is 0. The molecule has 0 spiro atoms. The van der Waals surface area contributed by atoms with Gasteiger partial charge in [-0.2, -0.15) is 0 Å². The van der Waals surface area contributed by atoms with E-state index in [1.165, 1.54) is 88.2 Å². The maximum absolute atomic E-state index is 8.72. The van der Waals surface area contributed by atoms with Crippen LogP contribution in [0.3, 0.4) is 0 Å². The molecule has 0 fully saturated rings. The number of benzene rings is 17. The Morgan fingerprint density at radius 3 is 1.17 bits per heavy atom.